The zero-order valence-electron chi connectivity index (χ0n) is 19.3. The maximum absolute atomic E-state index is 14.4. The Morgan fingerprint density at radius 1 is 0.943 bits per heavy atom. The van der Waals surface area contributed by atoms with E-state index >= 15 is 0 Å². The van der Waals surface area contributed by atoms with Gasteiger partial charge in [0.15, 0.2) is 11.2 Å². The molecule has 2 aliphatic carbocycles. The number of rotatable bonds is 2. The van der Waals surface area contributed by atoms with Crippen LogP contribution in [0.25, 0.3) is 5.57 Å². The zero-order valence-corrected chi connectivity index (χ0v) is 19.3. The minimum absolute atomic E-state index is 0.0899. The van der Waals surface area contributed by atoms with Gasteiger partial charge in [-0.3, -0.25) is 9.59 Å². The van der Waals surface area contributed by atoms with Crippen LogP contribution in [0.15, 0.2) is 95.6 Å². The fraction of sp³-hybridized carbons (Fsp3) is 0.200. The predicted molar refractivity (Wildman–Crippen MR) is 134 cm³/mol. The largest absolute Gasteiger partial charge is 0.292 e. The fourth-order valence-electron chi connectivity index (χ4n) is 6.29. The van der Waals surface area contributed by atoms with Crippen molar-refractivity contribution in [3.05, 3.63) is 107 Å². The monoisotopic (exact) mass is 457 g/mol. The molecule has 1 heterocycles. The molecule has 0 unspecified atom stereocenters. The highest BCUT2D eigenvalue weighted by atomic mass is 16.2. The molecule has 6 rings (SSSR count). The SMILES string of the molecule is CC1=NN(c2ccccc2)C(=O)[C@]12C(=O)C(C#N)=C1c3ccccc3CC[C@@H]1[C@H]2c1ccccc1. The molecule has 3 aromatic rings. The summed E-state index contributed by atoms with van der Waals surface area (Å²) in [5, 5.41) is 16.3. The van der Waals surface area contributed by atoms with Gasteiger partial charge in [0, 0.05) is 5.92 Å². The van der Waals surface area contributed by atoms with Crippen molar-refractivity contribution in [3.8, 4) is 6.07 Å². The van der Waals surface area contributed by atoms with E-state index in [1.165, 1.54) is 5.01 Å². The van der Waals surface area contributed by atoms with Crippen LogP contribution >= 0.6 is 0 Å². The second-order valence-electron chi connectivity index (χ2n) is 9.37. The summed E-state index contributed by atoms with van der Waals surface area (Å²) in [6, 6.07) is 29.2. The van der Waals surface area contributed by atoms with Gasteiger partial charge in [0.25, 0.3) is 5.91 Å². The van der Waals surface area contributed by atoms with Gasteiger partial charge < -0.3 is 0 Å². The number of para-hydroxylation sites is 1. The van der Waals surface area contributed by atoms with Gasteiger partial charge in [0.05, 0.1) is 11.4 Å². The van der Waals surface area contributed by atoms with E-state index in [1.807, 2.05) is 78.9 Å². The van der Waals surface area contributed by atoms with Crippen LogP contribution in [0.1, 0.15) is 36.0 Å². The second kappa shape index (κ2) is 7.89. The molecule has 0 N–H and O–H groups in total. The number of allylic oxidation sites excluding steroid dienone is 2. The number of hydrogen-bond donors (Lipinski definition) is 0. The topological polar surface area (TPSA) is 73.5 Å². The molecule has 3 atom stereocenters. The molecule has 3 aliphatic rings. The van der Waals surface area contributed by atoms with Crippen LogP contribution < -0.4 is 5.01 Å². The van der Waals surface area contributed by atoms with E-state index in [0.29, 0.717) is 11.4 Å². The Morgan fingerprint density at radius 2 is 1.60 bits per heavy atom. The first-order chi connectivity index (χ1) is 17.1. The summed E-state index contributed by atoms with van der Waals surface area (Å²) >= 11 is 0. The molecule has 0 saturated carbocycles. The van der Waals surface area contributed by atoms with Crippen molar-refractivity contribution in [3.63, 3.8) is 0 Å². The van der Waals surface area contributed by atoms with E-state index in [9.17, 15) is 14.9 Å². The molecule has 1 aliphatic heterocycles. The average Bonchev–Trinajstić information content (AvgIpc) is 3.16. The van der Waals surface area contributed by atoms with E-state index in [1.54, 1.807) is 6.92 Å². The molecule has 0 bridgehead atoms. The number of carbonyl (C=O) groups excluding carboxylic acids is 2. The third kappa shape index (κ3) is 2.83. The Kier molecular flexibility index (Phi) is 4.79. The Morgan fingerprint density at radius 3 is 2.31 bits per heavy atom. The zero-order chi connectivity index (χ0) is 24.2. The Hall–Kier alpha value is -4.30. The summed E-state index contributed by atoms with van der Waals surface area (Å²) in [4.78, 5) is 28.7. The first kappa shape index (κ1) is 21.2. The van der Waals surface area contributed by atoms with Gasteiger partial charge in [-0.2, -0.15) is 15.4 Å². The highest BCUT2D eigenvalue weighted by Gasteiger charge is 2.66. The molecule has 0 radical (unpaired) electrons. The maximum atomic E-state index is 14.4. The van der Waals surface area contributed by atoms with Gasteiger partial charge in [-0.1, -0.05) is 72.8 Å². The minimum Gasteiger partial charge on any atom is -0.292 e. The number of ketones is 1. The average molecular weight is 458 g/mol. The number of hydrazone groups is 1. The molecule has 35 heavy (non-hydrogen) atoms. The number of anilines is 1. The van der Waals surface area contributed by atoms with E-state index in [0.717, 1.165) is 35.1 Å². The number of nitrogens with zero attached hydrogens (tertiary/aromatic N) is 3. The number of benzene rings is 3. The van der Waals surface area contributed by atoms with Crippen molar-refractivity contribution in [2.24, 2.45) is 16.4 Å². The number of Topliss-reactive ketones (excluding diaryl/α,β-unsaturated/α-hetero) is 1. The van der Waals surface area contributed by atoms with E-state index in [4.69, 9.17) is 0 Å². The predicted octanol–water partition coefficient (Wildman–Crippen LogP) is 5.30. The third-order valence-electron chi connectivity index (χ3n) is 7.75. The van der Waals surface area contributed by atoms with E-state index in [2.05, 4.69) is 17.2 Å². The highest BCUT2D eigenvalue weighted by molar-refractivity contribution is 6.38. The molecular formula is C30H23N3O2. The third-order valence-corrected chi connectivity index (χ3v) is 7.75. The normalized spacial score (nSPS) is 25.3. The molecule has 0 saturated heterocycles. The lowest BCUT2D eigenvalue weighted by Crippen LogP contribution is -2.55. The summed E-state index contributed by atoms with van der Waals surface area (Å²) in [5.74, 6) is -1.45. The number of fused-ring (bicyclic) bond motifs is 3. The Balaban J connectivity index is 1.64. The Labute approximate surface area is 204 Å². The molecule has 3 aromatic carbocycles. The lowest BCUT2D eigenvalue weighted by Gasteiger charge is -2.46. The fourth-order valence-corrected chi connectivity index (χ4v) is 6.29. The van der Waals surface area contributed by atoms with Crippen LogP contribution in [0.5, 0.6) is 0 Å². The highest BCUT2D eigenvalue weighted by Crippen LogP contribution is 2.59. The van der Waals surface area contributed by atoms with Crippen LogP contribution in [0.3, 0.4) is 0 Å². The standard InChI is InChI=1S/C30H23N3O2/c1-19-30(29(35)33(32-19)22-13-6-3-7-14-22)27(21-11-4-2-5-12-21)24-17-16-20-10-8-9-15-23(20)26(24)25(18-31)28(30)34/h2-15,24,27H,16-17H2,1H3/t24-,27+,30+/m0/s1. The van der Waals surface area contributed by atoms with Crippen molar-refractivity contribution >= 4 is 28.7 Å². The minimum atomic E-state index is -1.55. The summed E-state index contributed by atoms with van der Waals surface area (Å²) < 4.78 is 0. The van der Waals surface area contributed by atoms with Crippen molar-refractivity contribution in [2.45, 2.75) is 25.7 Å². The summed E-state index contributed by atoms with van der Waals surface area (Å²) in [5.41, 5.74) is 3.36. The summed E-state index contributed by atoms with van der Waals surface area (Å²) in [7, 11) is 0. The van der Waals surface area contributed by atoms with Gasteiger partial charge >= 0.3 is 0 Å². The quantitative estimate of drug-likeness (QED) is 0.490. The van der Waals surface area contributed by atoms with Gasteiger partial charge in [0.1, 0.15) is 11.6 Å². The molecule has 0 fully saturated rings. The van der Waals surface area contributed by atoms with Gasteiger partial charge in [-0.05, 0) is 60.1 Å². The number of nitriles is 1. The second-order valence-corrected chi connectivity index (χ2v) is 9.37. The summed E-state index contributed by atoms with van der Waals surface area (Å²) in [6.07, 6.45) is 1.57. The van der Waals surface area contributed by atoms with Crippen LogP contribution in [-0.4, -0.2) is 17.4 Å². The first-order valence-corrected chi connectivity index (χ1v) is 11.9. The van der Waals surface area contributed by atoms with E-state index < -0.39 is 17.1 Å². The van der Waals surface area contributed by atoms with Crippen molar-refractivity contribution in [1.82, 2.24) is 0 Å². The smallest absolute Gasteiger partial charge is 0.267 e. The van der Waals surface area contributed by atoms with E-state index in [-0.39, 0.29) is 17.4 Å². The number of aryl methyl sites for hydroxylation is 1. The molecule has 1 spiro atoms. The Bertz CT molecular complexity index is 1470. The number of amides is 1. The molecule has 170 valence electrons. The van der Waals surface area contributed by atoms with Crippen LogP contribution in [-0.2, 0) is 16.0 Å². The molecule has 1 amide bonds. The van der Waals surface area contributed by atoms with Gasteiger partial charge in [-0.15, -0.1) is 0 Å². The number of hydrogen-bond acceptors (Lipinski definition) is 4. The van der Waals surface area contributed by atoms with Crippen LogP contribution in [0.2, 0.25) is 0 Å². The molecule has 0 aromatic heterocycles. The van der Waals surface area contributed by atoms with Gasteiger partial charge in [-0.25, -0.2) is 0 Å². The van der Waals surface area contributed by atoms with Crippen LogP contribution in [0, 0.1) is 22.7 Å². The molecule has 5 heteroatoms. The molecular weight excluding hydrogens is 434 g/mol. The van der Waals surface area contributed by atoms with Crippen molar-refractivity contribution in [1.29, 1.82) is 5.26 Å². The van der Waals surface area contributed by atoms with Crippen molar-refractivity contribution in [2.75, 3.05) is 5.01 Å². The first-order valence-electron chi connectivity index (χ1n) is 11.9. The maximum Gasteiger partial charge on any atom is 0.267 e. The van der Waals surface area contributed by atoms with Crippen LogP contribution in [0.4, 0.5) is 5.69 Å². The lowest BCUT2D eigenvalue weighted by atomic mass is 9.52. The lowest BCUT2D eigenvalue weighted by molar-refractivity contribution is -0.135. The molecule has 5 nitrogen and oxygen atoms in total. The van der Waals surface area contributed by atoms with Gasteiger partial charge in [0.2, 0.25) is 0 Å². The van der Waals surface area contributed by atoms with Crippen molar-refractivity contribution < 1.29 is 9.59 Å². The number of carbonyl (C=O) groups is 2. The summed E-state index contributed by atoms with van der Waals surface area (Å²) in [6.45, 7) is 1.76.